The lowest BCUT2D eigenvalue weighted by Gasteiger charge is -2.30. The SMILES string of the molecule is FC(F)(F)c1cc2c(-c3nc(N4CC[C@H]5NCC[C@H]54)c4c(C5CCC5)cncc4n3)ccnc2[nH]1. The molecular weight excluding hydrogens is 455 g/mol. The molecule has 1 saturated carbocycles. The average Bonchev–Trinajstić information content (AvgIpc) is 3.52. The number of alkyl halides is 3. The molecule has 6 heterocycles. The van der Waals surface area contributed by atoms with Crippen molar-refractivity contribution in [1.29, 1.82) is 0 Å². The van der Waals surface area contributed by atoms with E-state index < -0.39 is 11.9 Å². The number of nitrogens with zero attached hydrogens (tertiary/aromatic N) is 5. The van der Waals surface area contributed by atoms with Crippen LogP contribution in [0.2, 0.25) is 0 Å². The van der Waals surface area contributed by atoms with Crippen molar-refractivity contribution in [1.82, 2.24) is 30.2 Å². The third-order valence-corrected chi connectivity index (χ3v) is 7.90. The number of pyridine rings is 2. The smallest absolute Gasteiger partial charge is 0.351 e. The summed E-state index contributed by atoms with van der Waals surface area (Å²) in [6.07, 6.45) is 6.26. The van der Waals surface area contributed by atoms with E-state index in [4.69, 9.17) is 9.97 Å². The van der Waals surface area contributed by atoms with Gasteiger partial charge >= 0.3 is 6.18 Å². The second kappa shape index (κ2) is 7.61. The Morgan fingerprint density at radius 3 is 2.74 bits per heavy atom. The fourth-order valence-electron chi connectivity index (χ4n) is 5.95. The molecule has 0 radical (unpaired) electrons. The van der Waals surface area contributed by atoms with Gasteiger partial charge in [-0.25, -0.2) is 15.0 Å². The minimum absolute atomic E-state index is 0.169. The number of nitrogens with one attached hydrogen (secondary N) is 2. The highest BCUT2D eigenvalue weighted by Gasteiger charge is 2.40. The van der Waals surface area contributed by atoms with Gasteiger partial charge in [-0.15, -0.1) is 0 Å². The Kier molecular flexibility index (Phi) is 4.58. The van der Waals surface area contributed by atoms with Crippen LogP contribution in [0.1, 0.15) is 49.3 Å². The minimum atomic E-state index is -4.49. The molecule has 4 aromatic heterocycles. The first-order valence-electron chi connectivity index (χ1n) is 12.2. The molecule has 4 aromatic rings. The van der Waals surface area contributed by atoms with Crippen molar-refractivity contribution in [2.45, 2.75) is 56.3 Å². The molecular formula is C25H24F3N7. The molecule has 0 aromatic carbocycles. The lowest BCUT2D eigenvalue weighted by atomic mass is 9.79. The van der Waals surface area contributed by atoms with Gasteiger partial charge in [-0.2, -0.15) is 13.2 Å². The molecule has 2 atom stereocenters. The molecule has 0 bridgehead atoms. The van der Waals surface area contributed by atoms with E-state index in [1.54, 1.807) is 12.3 Å². The quantitative estimate of drug-likeness (QED) is 0.440. The lowest BCUT2D eigenvalue weighted by Crippen LogP contribution is -2.35. The fourth-order valence-corrected chi connectivity index (χ4v) is 5.95. The van der Waals surface area contributed by atoms with Crippen molar-refractivity contribution in [2.24, 2.45) is 0 Å². The van der Waals surface area contributed by atoms with Crippen molar-refractivity contribution >= 4 is 27.8 Å². The molecule has 180 valence electrons. The van der Waals surface area contributed by atoms with E-state index in [1.807, 2.05) is 6.20 Å². The van der Waals surface area contributed by atoms with Crippen LogP contribution in [-0.4, -0.2) is 50.1 Å². The van der Waals surface area contributed by atoms with Crippen molar-refractivity contribution in [2.75, 3.05) is 18.0 Å². The van der Waals surface area contributed by atoms with Crippen LogP contribution < -0.4 is 10.2 Å². The number of rotatable bonds is 3. The van der Waals surface area contributed by atoms with Gasteiger partial charge in [0.15, 0.2) is 5.82 Å². The normalized spacial score (nSPS) is 22.8. The molecule has 35 heavy (non-hydrogen) atoms. The molecule has 7 rings (SSSR count). The maximum absolute atomic E-state index is 13.4. The predicted molar refractivity (Wildman–Crippen MR) is 126 cm³/mol. The van der Waals surface area contributed by atoms with Gasteiger partial charge in [0, 0.05) is 47.4 Å². The van der Waals surface area contributed by atoms with Gasteiger partial charge in [0.25, 0.3) is 0 Å². The van der Waals surface area contributed by atoms with Gasteiger partial charge in [-0.3, -0.25) is 4.98 Å². The lowest BCUT2D eigenvalue weighted by molar-refractivity contribution is -0.140. The van der Waals surface area contributed by atoms with Crippen LogP contribution in [0.5, 0.6) is 0 Å². The van der Waals surface area contributed by atoms with Gasteiger partial charge in [0.1, 0.15) is 17.2 Å². The molecule has 3 aliphatic rings. The molecule has 10 heteroatoms. The van der Waals surface area contributed by atoms with E-state index in [9.17, 15) is 13.2 Å². The standard InChI is InChI=1S/C25H24F3N7/c26-25(27,28)20-10-15-14(4-7-31-22(15)33-20)23-32-18-12-29-11-16(13-2-1-3-13)21(18)24(34-23)35-9-6-17-19(35)5-8-30-17/h4,7,10-13,17,19,30H,1-3,5-6,8-9H2,(H,31,33)/t17-,19-/m1/s1. The van der Waals surface area contributed by atoms with E-state index in [1.165, 1.54) is 18.2 Å². The van der Waals surface area contributed by atoms with Crippen LogP contribution in [0.4, 0.5) is 19.0 Å². The van der Waals surface area contributed by atoms with Crippen LogP contribution in [0.15, 0.2) is 30.7 Å². The number of anilines is 1. The van der Waals surface area contributed by atoms with Gasteiger partial charge in [-0.1, -0.05) is 6.42 Å². The van der Waals surface area contributed by atoms with E-state index in [2.05, 4.69) is 25.2 Å². The van der Waals surface area contributed by atoms with E-state index in [0.29, 0.717) is 34.8 Å². The highest BCUT2D eigenvalue weighted by Crippen LogP contribution is 2.44. The summed E-state index contributed by atoms with van der Waals surface area (Å²) in [5.41, 5.74) is 1.79. The van der Waals surface area contributed by atoms with Gasteiger partial charge in [0.05, 0.1) is 11.7 Å². The molecule has 0 amide bonds. The van der Waals surface area contributed by atoms with Gasteiger partial charge < -0.3 is 15.2 Å². The number of hydrogen-bond acceptors (Lipinski definition) is 6. The summed E-state index contributed by atoms with van der Waals surface area (Å²) in [5, 5.41) is 4.99. The Morgan fingerprint density at radius 2 is 1.94 bits per heavy atom. The zero-order valence-corrected chi connectivity index (χ0v) is 18.9. The zero-order valence-electron chi connectivity index (χ0n) is 18.9. The molecule has 2 saturated heterocycles. The Bertz CT molecular complexity index is 1440. The number of hydrogen-bond donors (Lipinski definition) is 2. The number of H-pyrrole nitrogens is 1. The Labute approximate surface area is 199 Å². The van der Waals surface area contributed by atoms with Crippen LogP contribution in [-0.2, 0) is 6.18 Å². The number of aromatic nitrogens is 5. The molecule has 2 N–H and O–H groups in total. The summed E-state index contributed by atoms with van der Waals surface area (Å²) < 4.78 is 40.2. The third kappa shape index (κ3) is 3.30. The topological polar surface area (TPSA) is 82.6 Å². The average molecular weight is 480 g/mol. The summed E-state index contributed by atoms with van der Waals surface area (Å²) in [4.78, 5) is 23.3. The first kappa shape index (κ1) is 21.0. The van der Waals surface area contributed by atoms with Crippen LogP contribution in [0.25, 0.3) is 33.3 Å². The van der Waals surface area contributed by atoms with Gasteiger partial charge in [-0.05, 0) is 55.8 Å². The second-order valence-corrected chi connectivity index (χ2v) is 9.82. The molecule has 2 aliphatic heterocycles. The first-order chi connectivity index (χ1) is 17.0. The minimum Gasteiger partial charge on any atom is -0.351 e. The van der Waals surface area contributed by atoms with Crippen molar-refractivity contribution in [3.05, 3.63) is 42.0 Å². The maximum atomic E-state index is 13.4. The highest BCUT2D eigenvalue weighted by molar-refractivity contribution is 5.97. The second-order valence-electron chi connectivity index (χ2n) is 9.82. The van der Waals surface area contributed by atoms with Crippen LogP contribution >= 0.6 is 0 Å². The van der Waals surface area contributed by atoms with Gasteiger partial charge in [0.2, 0.25) is 0 Å². The Balaban J connectivity index is 1.46. The predicted octanol–water partition coefficient (Wildman–Crippen LogP) is 4.80. The maximum Gasteiger partial charge on any atom is 0.431 e. The summed E-state index contributed by atoms with van der Waals surface area (Å²) in [6.45, 7) is 1.86. The third-order valence-electron chi connectivity index (χ3n) is 7.90. The first-order valence-corrected chi connectivity index (χ1v) is 12.2. The summed E-state index contributed by atoms with van der Waals surface area (Å²) >= 11 is 0. The van der Waals surface area contributed by atoms with E-state index in [-0.39, 0.29) is 5.65 Å². The number of fused-ring (bicyclic) bond motifs is 3. The zero-order chi connectivity index (χ0) is 23.7. The molecule has 7 nitrogen and oxygen atoms in total. The summed E-state index contributed by atoms with van der Waals surface area (Å²) in [5.74, 6) is 1.72. The number of aromatic amines is 1. The molecule has 3 fully saturated rings. The molecule has 1 aliphatic carbocycles. The van der Waals surface area contributed by atoms with Crippen molar-refractivity contribution < 1.29 is 13.2 Å². The summed E-state index contributed by atoms with van der Waals surface area (Å²) in [7, 11) is 0. The van der Waals surface area contributed by atoms with Crippen LogP contribution in [0, 0.1) is 0 Å². The van der Waals surface area contributed by atoms with E-state index >= 15 is 0 Å². The van der Waals surface area contributed by atoms with E-state index in [0.717, 1.165) is 61.6 Å². The highest BCUT2D eigenvalue weighted by atomic mass is 19.4. The molecule has 0 spiro atoms. The van der Waals surface area contributed by atoms with Crippen LogP contribution in [0.3, 0.4) is 0 Å². The van der Waals surface area contributed by atoms with Crippen molar-refractivity contribution in [3.63, 3.8) is 0 Å². The Morgan fingerprint density at radius 1 is 1.06 bits per heavy atom. The monoisotopic (exact) mass is 479 g/mol. The summed E-state index contributed by atoms with van der Waals surface area (Å²) in [6, 6.07) is 3.57. The van der Waals surface area contributed by atoms with Crippen molar-refractivity contribution in [3.8, 4) is 11.4 Å². The number of halogens is 3. The largest absolute Gasteiger partial charge is 0.431 e. The fraction of sp³-hybridized carbons (Fsp3) is 0.440. The Hall–Kier alpha value is -3.27. The molecule has 0 unspecified atom stereocenters.